The molecule has 6 nitrogen and oxygen atoms in total. The minimum atomic E-state index is -0.609. The molecule has 1 saturated heterocycles. The lowest BCUT2D eigenvalue weighted by atomic mass is 10.1. The van der Waals surface area contributed by atoms with Crippen molar-refractivity contribution in [2.75, 3.05) is 11.5 Å². The lowest BCUT2D eigenvalue weighted by Crippen LogP contribution is -2.31. The molecule has 5 rings (SSSR count). The van der Waals surface area contributed by atoms with Gasteiger partial charge >= 0.3 is 0 Å². The highest BCUT2D eigenvalue weighted by Crippen LogP contribution is 2.34. The Kier molecular flexibility index (Phi) is 5.65. The van der Waals surface area contributed by atoms with E-state index < -0.39 is 6.04 Å². The van der Waals surface area contributed by atoms with Crippen molar-refractivity contribution >= 4 is 28.5 Å². The molecule has 0 unspecified atom stereocenters. The highest BCUT2D eigenvalue weighted by Gasteiger charge is 2.42. The Morgan fingerprint density at radius 1 is 0.909 bits per heavy atom. The number of imidazole rings is 1. The Bertz CT molecular complexity index is 1300. The Balaban J connectivity index is 1.48. The second-order valence-electron chi connectivity index (χ2n) is 8.09. The Hall–Kier alpha value is -3.93. The zero-order valence-electron chi connectivity index (χ0n) is 18.5. The molecule has 2 heterocycles. The largest absolute Gasteiger partial charge is 0.494 e. The number of hydrogen-bond donors (Lipinski definition) is 0. The number of benzene rings is 3. The number of hydrogen-bond acceptors (Lipinski definition) is 4. The van der Waals surface area contributed by atoms with Crippen LogP contribution in [0.25, 0.3) is 11.0 Å². The fourth-order valence-electron chi connectivity index (χ4n) is 4.47. The number of rotatable bonds is 7. The quantitative estimate of drug-likeness (QED) is 0.391. The maximum Gasteiger partial charge on any atom is 0.257 e. The SMILES string of the molecule is CCOc1ccc(N2C(=O)C[C@@H](n3c(CCc4ccccc4)nc4ccccc43)C2=O)cc1. The average Bonchev–Trinajstić information content (AvgIpc) is 3.35. The van der Waals surface area contributed by atoms with Crippen molar-refractivity contribution in [3.05, 3.63) is 90.3 Å². The van der Waals surface area contributed by atoms with Gasteiger partial charge in [-0.2, -0.15) is 0 Å². The minimum Gasteiger partial charge on any atom is -0.494 e. The van der Waals surface area contributed by atoms with E-state index in [0.717, 1.165) is 23.3 Å². The number of carbonyl (C=O) groups is 2. The fraction of sp³-hybridized carbons (Fsp3) is 0.222. The number of para-hydroxylation sites is 2. The van der Waals surface area contributed by atoms with Crippen molar-refractivity contribution in [1.82, 2.24) is 9.55 Å². The maximum absolute atomic E-state index is 13.5. The second-order valence-corrected chi connectivity index (χ2v) is 8.09. The molecule has 1 fully saturated rings. The van der Waals surface area contributed by atoms with Crippen LogP contribution in [0, 0.1) is 0 Å². The number of fused-ring (bicyclic) bond motifs is 1. The summed E-state index contributed by atoms with van der Waals surface area (Å²) in [5.41, 5.74) is 3.48. The molecule has 1 aromatic heterocycles. The fourth-order valence-corrected chi connectivity index (χ4v) is 4.47. The number of ether oxygens (including phenoxy) is 1. The Morgan fingerprint density at radius 2 is 1.64 bits per heavy atom. The number of aromatic nitrogens is 2. The molecule has 0 aliphatic carbocycles. The van der Waals surface area contributed by atoms with Gasteiger partial charge in [0, 0.05) is 6.42 Å². The van der Waals surface area contributed by atoms with Gasteiger partial charge < -0.3 is 9.30 Å². The van der Waals surface area contributed by atoms with Crippen LogP contribution in [0.3, 0.4) is 0 Å². The highest BCUT2D eigenvalue weighted by molar-refractivity contribution is 6.22. The summed E-state index contributed by atoms with van der Waals surface area (Å²) in [6, 6.07) is 24.5. The van der Waals surface area contributed by atoms with Crippen molar-refractivity contribution in [3.63, 3.8) is 0 Å². The summed E-state index contributed by atoms with van der Waals surface area (Å²) in [5, 5.41) is 0. The van der Waals surface area contributed by atoms with E-state index in [2.05, 4.69) is 12.1 Å². The summed E-state index contributed by atoms with van der Waals surface area (Å²) < 4.78 is 7.45. The third-order valence-electron chi connectivity index (χ3n) is 5.99. The number of aryl methyl sites for hydroxylation is 2. The molecule has 1 aliphatic heterocycles. The smallest absolute Gasteiger partial charge is 0.257 e. The van der Waals surface area contributed by atoms with Gasteiger partial charge in [-0.05, 0) is 55.3 Å². The van der Waals surface area contributed by atoms with Crippen molar-refractivity contribution in [3.8, 4) is 5.75 Å². The normalized spacial score (nSPS) is 16.0. The molecule has 33 heavy (non-hydrogen) atoms. The molecule has 3 aromatic carbocycles. The molecule has 6 heteroatoms. The van der Waals surface area contributed by atoms with Crippen LogP contribution in [0.1, 0.15) is 30.8 Å². The molecule has 0 radical (unpaired) electrons. The van der Waals surface area contributed by atoms with E-state index in [9.17, 15) is 9.59 Å². The van der Waals surface area contributed by atoms with E-state index in [0.29, 0.717) is 24.5 Å². The van der Waals surface area contributed by atoms with Gasteiger partial charge in [-0.25, -0.2) is 9.88 Å². The first-order chi connectivity index (χ1) is 16.2. The number of carbonyl (C=O) groups excluding carboxylic acids is 2. The molecule has 2 amide bonds. The second kappa shape index (κ2) is 8.90. The number of imide groups is 1. The molecule has 0 N–H and O–H groups in total. The van der Waals surface area contributed by atoms with Crippen LogP contribution in [0.15, 0.2) is 78.9 Å². The molecular weight excluding hydrogens is 414 g/mol. The van der Waals surface area contributed by atoms with Gasteiger partial charge in [0.05, 0.1) is 29.7 Å². The third kappa shape index (κ3) is 4.00. The van der Waals surface area contributed by atoms with Crippen LogP contribution in [-0.2, 0) is 22.4 Å². The van der Waals surface area contributed by atoms with Gasteiger partial charge in [0.15, 0.2) is 0 Å². The van der Waals surface area contributed by atoms with Crippen LogP contribution in [0.4, 0.5) is 5.69 Å². The van der Waals surface area contributed by atoms with Crippen molar-refractivity contribution in [2.45, 2.75) is 32.2 Å². The molecule has 1 aliphatic rings. The standard InChI is InChI=1S/C27H25N3O3/c1-2-33-21-15-13-20(14-16-21)29-26(31)18-24(27(29)32)30-23-11-7-6-10-22(23)28-25(30)17-12-19-8-4-3-5-9-19/h3-11,13-16,24H,2,12,17-18H2,1H3/t24-/m1/s1. The van der Waals surface area contributed by atoms with E-state index in [4.69, 9.17) is 9.72 Å². The summed E-state index contributed by atoms with van der Waals surface area (Å²) in [5.74, 6) is 1.09. The van der Waals surface area contributed by atoms with Crippen LogP contribution < -0.4 is 9.64 Å². The number of anilines is 1. The van der Waals surface area contributed by atoms with E-state index in [1.807, 2.05) is 54.0 Å². The van der Waals surface area contributed by atoms with Crippen LogP contribution in [-0.4, -0.2) is 28.0 Å². The number of nitrogens with zero attached hydrogens (tertiary/aromatic N) is 3. The first kappa shape index (κ1) is 20.9. The van der Waals surface area contributed by atoms with Gasteiger partial charge in [-0.1, -0.05) is 42.5 Å². The highest BCUT2D eigenvalue weighted by atomic mass is 16.5. The predicted octanol–water partition coefficient (Wildman–Crippen LogP) is 4.72. The monoisotopic (exact) mass is 439 g/mol. The molecule has 166 valence electrons. The third-order valence-corrected chi connectivity index (χ3v) is 5.99. The van der Waals surface area contributed by atoms with Gasteiger partial charge in [0.1, 0.15) is 17.6 Å². The Labute approximate surface area is 192 Å². The zero-order chi connectivity index (χ0) is 22.8. The predicted molar refractivity (Wildman–Crippen MR) is 127 cm³/mol. The summed E-state index contributed by atoms with van der Waals surface area (Å²) >= 11 is 0. The van der Waals surface area contributed by atoms with Crippen LogP contribution >= 0.6 is 0 Å². The summed E-state index contributed by atoms with van der Waals surface area (Å²) in [6.07, 6.45) is 1.60. The minimum absolute atomic E-state index is 0.116. The van der Waals surface area contributed by atoms with E-state index in [1.54, 1.807) is 24.3 Å². The molecule has 0 saturated carbocycles. The molecule has 0 bridgehead atoms. The average molecular weight is 440 g/mol. The number of amides is 2. The van der Waals surface area contributed by atoms with Crippen molar-refractivity contribution < 1.29 is 14.3 Å². The Morgan fingerprint density at radius 3 is 2.39 bits per heavy atom. The first-order valence-electron chi connectivity index (χ1n) is 11.2. The lowest BCUT2D eigenvalue weighted by Gasteiger charge is -2.18. The summed E-state index contributed by atoms with van der Waals surface area (Å²) in [4.78, 5) is 32.6. The topological polar surface area (TPSA) is 64.4 Å². The summed E-state index contributed by atoms with van der Waals surface area (Å²) in [6.45, 7) is 2.47. The van der Waals surface area contributed by atoms with Gasteiger partial charge in [-0.3, -0.25) is 9.59 Å². The molecular formula is C27H25N3O3. The van der Waals surface area contributed by atoms with E-state index in [-0.39, 0.29) is 18.2 Å². The maximum atomic E-state index is 13.5. The lowest BCUT2D eigenvalue weighted by molar-refractivity contribution is -0.122. The zero-order valence-corrected chi connectivity index (χ0v) is 18.5. The van der Waals surface area contributed by atoms with Gasteiger partial charge in [0.25, 0.3) is 5.91 Å². The van der Waals surface area contributed by atoms with Gasteiger partial charge in [-0.15, -0.1) is 0 Å². The van der Waals surface area contributed by atoms with E-state index >= 15 is 0 Å². The first-order valence-corrected chi connectivity index (χ1v) is 11.2. The molecule has 1 atom stereocenters. The van der Waals surface area contributed by atoms with Crippen molar-refractivity contribution in [1.29, 1.82) is 0 Å². The summed E-state index contributed by atoms with van der Waals surface area (Å²) in [7, 11) is 0. The van der Waals surface area contributed by atoms with E-state index in [1.165, 1.54) is 10.5 Å². The van der Waals surface area contributed by atoms with Crippen LogP contribution in [0.5, 0.6) is 5.75 Å². The van der Waals surface area contributed by atoms with Crippen LogP contribution in [0.2, 0.25) is 0 Å². The van der Waals surface area contributed by atoms with Gasteiger partial charge in [0.2, 0.25) is 5.91 Å². The van der Waals surface area contributed by atoms with Crippen molar-refractivity contribution in [2.24, 2.45) is 0 Å². The molecule has 4 aromatic rings. The molecule has 0 spiro atoms.